The monoisotopic (exact) mass is 387 g/mol. The van der Waals surface area contributed by atoms with Crippen LogP contribution in [0.15, 0.2) is 35.0 Å². The van der Waals surface area contributed by atoms with Gasteiger partial charge in [0.1, 0.15) is 10.7 Å². The van der Waals surface area contributed by atoms with Crippen molar-refractivity contribution in [3.63, 3.8) is 0 Å². The minimum Gasteiger partial charge on any atom is -0.349 e. The van der Waals surface area contributed by atoms with E-state index >= 15 is 0 Å². The third-order valence-corrected chi connectivity index (χ3v) is 6.27. The third-order valence-electron chi connectivity index (χ3n) is 4.43. The fraction of sp³-hybridized carbons (Fsp3) is 0.400. The summed E-state index contributed by atoms with van der Waals surface area (Å²) in [6.07, 6.45) is 0. The first-order valence-corrected chi connectivity index (χ1v) is 10.7. The Morgan fingerprint density at radius 2 is 1.85 bits per heavy atom. The summed E-state index contributed by atoms with van der Waals surface area (Å²) in [5, 5.41) is 9.07. The van der Waals surface area contributed by atoms with Gasteiger partial charge in [0.05, 0.1) is 0 Å². The highest BCUT2D eigenvalue weighted by Gasteiger charge is 2.16. The van der Waals surface area contributed by atoms with Gasteiger partial charge in [0.2, 0.25) is 0 Å². The van der Waals surface area contributed by atoms with Crippen LogP contribution in [0.25, 0.3) is 20.7 Å². The van der Waals surface area contributed by atoms with E-state index in [1.54, 1.807) is 11.3 Å². The minimum absolute atomic E-state index is 0.0977. The van der Waals surface area contributed by atoms with Gasteiger partial charge in [-0.15, -0.1) is 22.7 Å². The van der Waals surface area contributed by atoms with Gasteiger partial charge in [-0.2, -0.15) is 0 Å². The summed E-state index contributed by atoms with van der Waals surface area (Å²) in [4.78, 5) is 19.4. The highest BCUT2D eigenvalue weighted by molar-refractivity contribution is 7.19. The van der Waals surface area contributed by atoms with Crippen LogP contribution < -0.4 is 5.32 Å². The average Bonchev–Trinajstić information content (AvgIpc) is 3.24. The second-order valence-corrected chi connectivity index (χ2v) is 8.63. The lowest BCUT2D eigenvalue weighted by molar-refractivity contribution is 0.0935. The molecule has 0 aliphatic rings. The standard InChI is InChI=1S/C20H25N3OS2/c1-13(2)23(14(3)4)10-9-21-19(24)17-12-26-20(22-17)16-11-25-18-8-6-5-7-15(16)18/h5-8,11-14H,9-10H2,1-4H3,(H,21,24). The Morgan fingerprint density at radius 1 is 1.12 bits per heavy atom. The van der Waals surface area contributed by atoms with Crippen molar-refractivity contribution in [1.82, 2.24) is 15.2 Å². The van der Waals surface area contributed by atoms with Gasteiger partial charge in [-0.3, -0.25) is 9.69 Å². The van der Waals surface area contributed by atoms with E-state index in [9.17, 15) is 4.79 Å². The van der Waals surface area contributed by atoms with Crippen LogP contribution in [0, 0.1) is 0 Å². The van der Waals surface area contributed by atoms with Gasteiger partial charge < -0.3 is 5.32 Å². The Hall–Kier alpha value is -1.76. The number of benzene rings is 1. The second kappa shape index (κ2) is 8.29. The molecule has 138 valence electrons. The quantitative estimate of drug-likeness (QED) is 0.629. The van der Waals surface area contributed by atoms with Crippen molar-refractivity contribution >= 4 is 38.7 Å². The molecule has 4 nitrogen and oxygen atoms in total. The van der Waals surface area contributed by atoms with Crippen molar-refractivity contribution < 1.29 is 4.79 Å². The number of fused-ring (bicyclic) bond motifs is 1. The number of rotatable bonds is 7. The molecule has 3 aromatic rings. The molecular formula is C20H25N3OS2. The summed E-state index contributed by atoms with van der Waals surface area (Å²) in [5.41, 5.74) is 1.61. The largest absolute Gasteiger partial charge is 0.349 e. The van der Waals surface area contributed by atoms with Gasteiger partial charge in [-0.05, 0) is 33.8 Å². The lowest BCUT2D eigenvalue weighted by atomic mass is 10.2. The zero-order chi connectivity index (χ0) is 18.7. The van der Waals surface area contributed by atoms with Crippen molar-refractivity contribution in [1.29, 1.82) is 0 Å². The lowest BCUT2D eigenvalue weighted by Crippen LogP contribution is -2.42. The highest BCUT2D eigenvalue weighted by Crippen LogP contribution is 2.35. The van der Waals surface area contributed by atoms with Crippen LogP contribution >= 0.6 is 22.7 Å². The molecule has 0 fully saturated rings. The second-order valence-electron chi connectivity index (χ2n) is 6.86. The van der Waals surface area contributed by atoms with Crippen LogP contribution in [0.5, 0.6) is 0 Å². The Labute approximate surface area is 162 Å². The number of nitrogens with one attached hydrogen (secondary N) is 1. The lowest BCUT2D eigenvalue weighted by Gasteiger charge is -2.30. The number of aromatic nitrogens is 1. The summed E-state index contributed by atoms with van der Waals surface area (Å²) in [6, 6.07) is 9.22. The van der Waals surface area contributed by atoms with Crippen LogP contribution in [0.1, 0.15) is 38.2 Å². The molecule has 0 atom stereocenters. The van der Waals surface area contributed by atoms with Crippen molar-refractivity contribution in [2.24, 2.45) is 0 Å². The molecule has 0 aliphatic heterocycles. The van der Waals surface area contributed by atoms with Crippen molar-refractivity contribution in [3.05, 3.63) is 40.7 Å². The summed E-state index contributed by atoms with van der Waals surface area (Å²) >= 11 is 3.23. The third kappa shape index (κ3) is 4.14. The first kappa shape index (κ1) is 19.0. The number of hydrogen-bond acceptors (Lipinski definition) is 5. The number of nitrogens with zero attached hydrogens (tertiary/aromatic N) is 2. The normalized spacial score (nSPS) is 11.8. The van der Waals surface area contributed by atoms with Gasteiger partial charge in [0.25, 0.3) is 5.91 Å². The Kier molecular flexibility index (Phi) is 6.06. The van der Waals surface area contributed by atoms with Crippen molar-refractivity contribution in [2.45, 2.75) is 39.8 Å². The van der Waals surface area contributed by atoms with Crippen LogP contribution in [-0.2, 0) is 0 Å². The Morgan fingerprint density at radius 3 is 2.58 bits per heavy atom. The minimum atomic E-state index is -0.0977. The molecule has 0 unspecified atom stereocenters. The molecule has 1 amide bonds. The smallest absolute Gasteiger partial charge is 0.270 e. The molecule has 0 spiro atoms. The SMILES string of the molecule is CC(C)N(CCNC(=O)c1csc(-c2csc3ccccc23)n1)C(C)C. The Bertz CT molecular complexity index is 874. The van der Waals surface area contributed by atoms with Crippen LogP contribution in [0.3, 0.4) is 0 Å². The van der Waals surface area contributed by atoms with Gasteiger partial charge in [-0.1, -0.05) is 18.2 Å². The zero-order valence-corrected chi connectivity index (χ0v) is 17.3. The van der Waals surface area contributed by atoms with E-state index in [1.807, 2.05) is 17.5 Å². The van der Waals surface area contributed by atoms with E-state index in [0.29, 0.717) is 24.3 Å². The molecule has 6 heteroatoms. The van der Waals surface area contributed by atoms with Crippen molar-refractivity contribution in [3.8, 4) is 10.6 Å². The van der Waals surface area contributed by atoms with Crippen molar-refractivity contribution in [2.75, 3.05) is 13.1 Å². The molecule has 0 saturated carbocycles. The maximum atomic E-state index is 12.4. The molecule has 1 aromatic carbocycles. The fourth-order valence-electron chi connectivity index (χ4n) is 3.15. The molecule has 0 aliphatic carbocycles. The van der Waals surface area contributed by atoms with E-state index in [4.69, 9.17) is 0 Å². The maximum Gasteiger partial charge on any atom is 0.270 e. The van der Waals surface area contributed by atoms with Crippen LogP contribution in [0.4, 0.5) is 0 Å². The average molecular weight is 388 g/mol. The molecular weight excluding hydrogens is 362 g/mol. The van der Waals surface area contributed by atoms with E-state index in [2.05, 4.69) is 60.4 Å². The summed E-state index contributed by atoms with van der Waals surface area (Å²) in [6.45, 7) is 10.2. The van der Waals surface area contributed by atoms with E-state index < -0.39 is 0 Å². The molecule has 0 bridgehead atoms. The van der Waals surface area contributed by atoms with Gasteiger partial charge >= 0.3 is 0 Å². The molecule has 2 aromatic heterocycles. The molecule has 0 saturated heterocycles. The topological polar surface area (TPSA) is 45.2 Å². The van der Waals surface area contributed by atoms with E-state index in [1.165, 1.54) is 21.4 Å². The molecule has 0 radical (unpaired) electrons. The van der Waals surface area contributed by atoms with Crippen LogP contribution in [0.2, 0.25) is 0 Å². The summed E-state index contributed by atoms with van der Waals surface area (Å²) < 4.78 is 1.24. The van der Waals surface area contributed by atoms with Gasteiger partial charge in [0, 0.05) is 51.6 Å². The number of hydrogen-bond donors (Lipinski definition) is 1. The van der Waals surface area contributed by atoms with Crippen LogP contribution in [-0.4, -0.2) is 41.0 Å². The molecule has 1 N–H and O–H groups in total. The van der Waals surface area contributed by atoms with E-state index in [-0.39, 0.29) is 5.91 Å². The number of carbonyl (C=O) groups is 1. The van der Waals surface area contributed by atoms with Gasteiger partial charge in [-0.25, -0.2) is 4.98 Å². The van der Waals surface area contributed by atoms with Gasteiger partial charge in [0.15, 0.2) is 0 Å². The summed E-state index contributed by atoms with van der Waals surface area (Å²) in [5.74, 6) is -0.0977. The number of carbonyl (C=O) groups excluding carboxylic acids is 1. The number of amides is 1. The predicted octanol–water partition coefficient (Wildman–Crippen LogP) is 4.87. The maximum absolute atomic E-state index is 12.4. The predicted molar refractivity (Wildman–Crippen MR) is 112 cm³/mol. The number of thiazole rings is 1. The fourth-order valence-corrected chi connectivity index (χ4v) is 5.00. The Balaban J connectivity index is 1.65. The zero-order valence-electron chi connectivity index (χ0n) is 15.7. The first-order valence-electron chi connectivity index (χ1n) is 8.93. The first-order chi connectivity index (χ1) is 12.5. The highest BCUT2D eigenvalue weighted by atomic mass is 32.1. The summed E-state index contributed by atoms with van der Waals surface area (Å²) in [7, 11) is 0. The molecule has 3 rings (SSSR count). The molecule has 26 heavy (non-hydrogen) atoms. The van der Waals surface area contributed by atoms with E-state index in [0.717, 1.165) is 17.1 Å². The molecule has 2 heterocycles. The number of thiophene rings is 1.